The summed E-state index contributed by atoms with van der Waals surface area (Å²) in [5.74, 6) is 0.193. The van der Waals surface area contributed by atoms with E-state index in [-0.39, 0.29) is 5.91 Å². The summed E-state index contributed by atoms with van der Waals surface area (Å²) in [6, 6.07) is 9.90. The third-order valence-electron chi connectivity index (χ3n) is 3.64. The molecule has 1 heterocycles. The van der Waals surface area contributed by atoms with Crippen LogP contribution in [0.1, 0.15) is 6.92 Å². The fourth-order valence-electron chi connectivity index (χ4n) is 2.39. The van der Waals surface area contributed by atoms with Gasteiger partial charge in [0.05, 0.1) is 6.54 Å². The fourth-order valence-corrected chi connectivity index (χ4v) is 2.39. The topological polar surface area (TPSA) is 26.8 Å². The van der Waals surface area contributed by atoms with Crippen LogP contribution < -0.4 is 4.90 Å². The van der Waals surface area contributed by atoms with E-state index in [0.717, 1.165) is 38.4 Å². The van der Waals surface area contributed by atoms with E-state index in [0.29, 0.717) is 6.54 Å². The first-order valence-corrected chi connectivity index (χ1v) is 6.97. The van der Waals surface area contributed by atoms with Gasteiger partial charge in [0.1, 0.15) is 0 Å². The minimum Gasteiger partial charge on any atom is -0.312 e. The molecule has 0 saturated carbocycles. The normalized spacial score (nSPS) is 17.4. The lowest BCUT2D eigenvalue weighted by atomic mass is 10.2. The van der Waals surface area contributed by atoms with Crippen molar-refractivity contribution >= 4 is 11.6 Å². The van der Waals surface area contributed by atoms with Crippen molar-refractivity contribution in [3.8, 4) is 0 Å². The molecule has 1 aromatic rings. The molecule has 0 bridgehead atoms. The minimum absolute atomic E-state index is 0.193. The summed E-state index contributed by atoms with van der Waals surface area (Å²) < 4.78 is 0. The molecule has 0 aromatic heterocycles. The van der Waals surface area contributed by atoms with Gasteiger partial charge in [-0.1, -0.05) is 18.2 Å². The highest BCUT2D eigenvalue weighted by atomic mass is 16.2. The van der Waals surface area contributed by atoms with Gasteiger partial charge >= 0.3 is 0 Å². The second-order valence-electron chi connectivity index (χ2n) is 5.05. The van der Waals surface area contributed by atoms with Gasteiger partial charge in [0.25, 0.3) is 0 Å². The second-order valence-corrected chi connectivity index (χ2v) is 5.05. The second kappa shape index (κ2) is 6.68. The zero-order valence-electron chi connectivity index (χ0n) is 11.9. The smallest absolute Gasteiger partial charge is 0.241 e. The van der Waals surface area contributed by atoms with Gasteiger partial charge in [0.2, 0.25) is 5.91 Å². The maximum Gasteiger partial charge on any atom is 0.241 e. The van der Waals surface area contributed by atoms with E-state index in [1.807, 2.05) is 42.2 Å². The van der Waals surface area contributed by atoms with Crippen LogP contribution >= 0.6 is 0 Å². The van der Waals surface area contributed by atoms with Crippen molar-refractivity contribution in [2.45, 2.75) is 6.92 Å². The first-order chi connectivity index (χ1) is 9.20. The van der Waals surface area contributed by atoms with Crippen molar-refractivity contribution in [3.05, 3.63) is 30.3 Å². The monoisotopic (exact) mass is 261 g/mol. The van der Waals surface area contributed by atoms with Crippen molar-refractivity contribution in [2.24, 2.45) is 0 Å². The molecule has 0 atom stereocenters. The van der Waals surface area contributed by atoms with Gasteiger partial charge < -0.3 is 9.80 Å². The Bertz CT molecular complexity index is 399. The van der Waals surface area contributed by atoms with Gasteiger partial charge in [-0.25, -0.2) is 0 Å². The molecule has 2 rings (SSSR count). The molecule has 1 saturated heterocycles. The summed E-state index contributed by atoms with van der Waals surface area (Å²) in [6.07, 6.45) is 0. The summed E-state index contributed by atoms with van der Waals surface area (Å²) >= 11 is 0. The predicted octanol–water partition coefficient (Wildman–Crippen LogP) is 1.29. The third-order valence-corrected chi connectivity index (χ3v) is 3.64. The van der Waals surface area contributed by atoms with Crippen LogP contribution in [0.5, 0.6) is 0 Å². The van der Waals surface area contributed by atoms with Crippen LogP contribution in [0.3, 0.4) is 0 Å². The number of anilines is 1. The fraction of sp³-hybridized carbons (Fsp3) is 0.533. The molecule has 0 N–H and O–H groups in total. The molecule has 4 heteroatoms. The summed E-state index contributed by atoms with van der Waals surface area (Å²) in [4.78, 5) is 18.8. The Balaban J connectivity index is 1.94. The van der Waals surface area contributed by atoms with E-state index in [1.165, 1.54) is 0 Å². The first-order valence-electron chi connectivity index (χ1n) is 6.97. The van der Waals surface area contributed by atoms with Crippen LogP contribution in [0.25, 0.3) is 0 Å². The Morgan fingerprint density at radius 2 is 1.79 bits per heavy atom. The molecule has 0 spiro atoms. The van der Waals surface area contributed by atoms with E-state index in [2.05, 4.69) is 16.8 Å². The van der Waals surface area contributed by atoms with Crippen molar-refractivity contribution in [1.29, 1.82) is 0 Å². The number of rotatable bonds is 4. The largest absolute Gasteiger partial charge is 0.312 e. The van der Waals surface area contributed by atoms with Gasteiger partial charge in [-0.3, -0.25) is 9.69 Å². The molecular weight excluding hydrogens is 238 g/mol. The Morgan fingerprint density at radius 1 is 1.16 bits per heavy atom. The predicted molar refractivity (Wildman–Crippen MR) is 78.4 cm³/mol. The number of amides is 1. The third kappa shape index (κ3) is 3.78. The van der Waals surface area contributed by atoms with Crippen molar-refractivity contribution in [2.75, 3.05) is 51.2 Å². The minimum atomic E-state index is 0.193. The number of para-hydroxylation sites is 1. The number of likely N-dealkylation sites (N-methyl/N-ethyl adjacent to an activating group) is 2. The number of benzene rings is 1. The van der Waals surface area contributed by atoms with Crippen molar-refractivity contribution in [3.63, 3.8) is 0 Å². The number of hydrogen-bond donors (Lipinski definition) is 0. The van der Waals surface area contributed by atoms with Crippen molar-refractivity contribution in [1.82, 2.24) is 9.80 Å². The highest BCUT2D eigenvalue weighted by molar-refractivity contribution is 5.94. The van der Waals surface area contributed by atoms with Crippen LogP contribution in [0, 0.1) is 0 Å². The average molecular weight is 261 g/mol. The van der Waals surface area contributed by atoms with Crippen LogP contribution in [0.2, 0.25) is 0 Å². The lowest BCUT2D eigenvalue weighted by Crippen LogP contribution is -2.49. The molecule has 0 aliphatic carbocycles. The molecule has 1 aromatic carbocycles. The molecule has 1 aliphatic rings. The number of nitrogens with zero attached hydrogens (tertiary/aromatic N) is 3. The Morgan fingerprint density at radius 3 is 2.37 bits per heavy atom. The van der Waals surface area contributed by atoms with Gasteiger partial charge in [-0.05, 0) is 26.1 Å². The van der Waals surface area contributed by atoms with Crippen LogP contribution in [-0.2, 0) is 4.79 Å². The number of hydrogen-bond acceptors (Lipinski definition) is 3. The van der Waals surface area contributed by atoms with Gasteiger partial charge in [0, 0.05) is 38.4 Å². The van der Waals surface area contributed by atoms with Gasteiger partial charge in [-0.15, -0.1) is 0 Å². The van der Waals surface area contributed by atoms with Crippen LogP contribution in [0.4, 0.5) is 5.69 Å². The summed E-state index contributed by atoms with van der Waals surface area (Å²) in [7, 11) is 2.13. The molecule has 19 heavy (non-hydrogen) atoms. The number of piperazine rings is 1. The summed E-state index contributed by atoms with van der Waals surface area (Å²) in [6.45, 7) is 7.32. The first kappa shape index (κ1) is 14.0. The van der Waals surface area contributed by atoms with Crippen molar-refractivity contribution < 1.29 is 4.79 Å². The Hall–Kier alpha value is -1.39. The highest BCUT2D eigenvalue weighted by Crippen LogP contribution is 2.13. The zero-order chi connectivity index (χ0) is 13.7. The zero-order valence-corrected chi connectivity index (χ0v) is 11.9. The van der Waals surface area contributed by atoms with E-state index in [1.54, 1.807) is 0 Å². The summed E-state index contributed by atoms with van der Waals surface area (Å²) in [5.41, 5.74) is 0.990. The molecule has 0 radical (unpaired) electrons. The van der Waals surface area contributed by atoms with Crippen LogP contribution in [0.15, 0.2) is 30.3 Å². The van der Waals surface area contributed by atoms with Gasteiger partial charge in [-0.2, -0.15) is 0 Å². The lowest BCUT2D eigenvalue weighted by Gasteiger charge is -2.33. The van der Waals surface area contributed by atoms with E-state index < -0.39 is 0 Å². The maximum absolute atomic E-state index is 12.4. The molecule has 1 fully saturated rings. The lowest BCUT2D eigenvalue weighted by molar-refractivity contribution is -0.120. The number of carbonyl (C=O) groups excluding carboxylic acids is 1. The molecule has 1 aliphatic heterocycles. The van der Waals surface area contributed by atoms with Crippen LogP contribution in [-0.4, -0.2) is 62.0 Å². The highest BCUT2D eigenvalue weighted by Gasteiger charge is 2.20. The quantitative estimate of drug-likeness (QED) is 0.817. The molecule has 0 unspecified atom stereocenters. The molecule has 1 amide bonds. The number of carbonyl (C=O) groups is 1. The Labute approximate surface area is 115 Å². The average Bonchev–Trinajstić information content (AvgIpc) is 2.43. The standard InChI is InChI=1S/C15H23N3O/c1-3-18(14-7-5-4-6-8-14)15(19)13-17-11-9-16(2)10-12-17/h4-8H,3,9-13H2,1-2H3. The van der Waals surface area contributed by atoms with E-state index in [9.17, 15) is 4.79 Å². The van der Waals surface area contributed by atoms with E-state index in [4.69, 9.17) is 0 Å². The Kier molecular flexibility index (Phi) is 4.93. The molecular formula is C15H23N3O. The molecule has 104 valence electrons. The summed E-state index contributed by atoms with van der Waals surface area (Å²) in [5, 5.41) is 0. The molecule has 4 nitrogen and oxygen atoms in total. The SMILES string of the molecule is CCN(C(=O)CN1CCN(C)CC1)c1ccccc1. The maximum atomic E-state index is 12.4. The van der Waals surface area contributed by atoms with Gasteiger partial charge in [0.15, 0.2) is 0 Å². The van der Waals surface area contributed by atoms with E-state index >= 15 is 0 Å².